The first-order valence-electron chi connectivity index (χ1n) is 26.6. The molecule has 1 aliphatic rings. The number of carbonyl (C=O) groups is 10. The lowest BCUT2D eigenvalue weighted by atomic mass is 9.95. The van der Waals surface area contributed by atoms with Gasteiger partial charge in [0.2, 0.25) is 59.1 Å². The van der Waals surface area contributed by atoms with E-state index in [1.54, 1.807) is 68.4 Å². The molecule has 81 heavy (non-hydrogen) atoms. The summed E-state index contributed by atoms with van der Waals surface area (Å²) in [4.78, 5) is 140. The van der Waals surface area contributed by atoms with E-state index in [0.717, 1.165) is 0 Å². The summed E-state index contributed by atoms with van der Waals surface area (Å²) in [6, 6.07) is 1.70. The maximum atomic E-state index is 14.4. The summed E-state index contributed by atoms with van der Waals surface area (Å²) in [6.07, 6.45) is -4.32. The molecular formula is C53H86ClN15O12. The van der Waals surface area contributed by atoms with Crippen LogP contribution in [0.3, 0.4) is 0 Å². The molecule has 10 amide bonds. The van der Waals surface area contributed by atoms with Crippen molar-refractivity contribution in [2.75, 3.05) is 39.3 Å². The van der Waals surface area contributed by atoms with Crippen molar-refractivity contribution in [3.8, 4) is 0 Å². The fraction of sp³-hybridized carbons (Fsp3) is 0.585. The third-order valence-electron chi connectivity index (χ3n) is 12.9. The number of nitrogens with one attached hydrogen (secondary N) is 10. The van der Waals surface area contributed by atoms with E-state index in [0.29, 0.717) is 16.1 Å². The van der Waals surface area contributed by atoms with Crippen LogP contribution in [0, 0.1) is 5.92 Å². The second kappa shape index (κ2) is 35.8. The van der Waals surface area contributed by atoms with Gasteiger partial charge in [0.05, 0.1) is 12.2 Å². The molecule has 0 bridgehead atoms. The SMILES string of the molecule is C.CC(C)C[C@@H]1NC(=O)[C@@H](Cc2ccccc2)NC(=O)[C@H](CCN)NC(=O)[C@@H](NC(=O)[C@H](CN)NC(=O)[C@@H](NC(=O)C[C@H](CN)c2cccc(Cl)c2)[C@@H](C)O)CCNC(=O)[C@H]([C@@H](C)O)NC(=O)[C@H](CCN)NC(=O)[C@H](CCN)NC1=O. The van der Waals surface area contributed by atoms with Crippen molar-refractivity contribution < 1.29 is 58.2 Å². The van der Waals surface area contributed by atoms with Gasteiger partial charge in [0, 0.05) is 36.9 Å². The molecule has 1 fully saturated rings. The molecule has 3 rings (SSSR count). The van der Waals surface area contributed by atoms with Gasteiger partial charge in [-0.15, -0.1) is 0 Å². The lowest BCUT2D eigenvalue weighted by molar-refractivity contribution is -0.136. The number of benzene rings is 2. The van der Waals surface area contributed by atoms with Crippen LogP contribution in [0.15, 0.2) is 54.6 Å². The molecule has 1 heterocycles. The predicted molar refractivity (Wildman–Crippen MR) is 303 cm³/mol. The molecule has 12 atom stereocenters. The minimum Gasteiger partial charge on any atom is -0.391 e. The summed E-state index contributed by atoms with van der Waals surface area (Å²) < 4.78 is 0. The first-order chi connectivity index (χ1) is 38.0. The van der Waals surface area contributed by atoms with Gasteiger partial charge in [-0.1, -0.05) is 75.3 Å². The minimum atomic E-state index is -1.68. The van der Waals surface area contributed by atoms with E-state index in [2.05, 4.69) is 53.2 Å². The van der Waals surface area contributed by atoms with E-state index < -0.39 is 151 Å². The van der Waals surface area contributed by atoms with Crippen LogP contribution in [0.25, 0.3) is 0 Å². The minimum absolute atomic E-state index is 0. The summed E-state index contributed by atoms with van der Waals surface area (Å²) in [7, 11) is 0. The summed E-state index contributed by atoms with van der Waals surface area (Å²) >= 11 is 6.14. The molecule has 0 unspecified atom stereocenters. The summed E-state index contributed by atoms with van der Waals surface area (Å²) in [5.74, 6) is -9.88. The highest BCUT2D eigenvalue weighted by atomic mass is 35.5. The normalized spacial score (nSPS) is 22.9. The van der Waals surface area contributed by atoms with Crippen LogP contribution in [-0.2, 0) is 54.4 Å². The van der Waals surface area contributed by atoms with Crippen molar-refractivity contribution in [2.45, 2.75) is 153 Å². The van der Waals surface area contributed by atoms with Crippen LogP contribution in [0.2, 0.25) is 5.02 Å². The molecule has 0 radical (unpaired) electrons. The Morgan fingerprint density at radius 1 is 0.630 bits per heavy atom. The first-order valence-corrected chi connectivity index (χ1v) is 27.0. The fourth-order valence-electron chi connectivity index (χ4n) is 8.53. The standard InChI is InChI=1S/C52H82ClN15O12.CH4/c1-27(2)21-38-48(76)62-34(13-17-54)44(72)61-36(15-19-56)47(75)68-42(28(3)69)51(79)59-20-16-37(46(74)60-35(14-18-55)45(73)65-39(49(77)64-38)22-30-9-6-5-7-10-30)63-50(78)40(26-58)66-52(80)43(29(4)70)67-41(71)24-32(25-57)31-11-8-12-33(53)23-31;/h5-12,23,27-29,32,34-40,42-43,69-70H,13-22,24-26,54-58H2,1-4H3,(H,59,79)(H,60,74)(H,61,72)(H,62,76)(H,63,78)(H,64,77)(H,65,73)(H,66,80)(H,67,71)(H,68,75);1H4/t28-,29-,32-,34+,35+,36+,37+,38+,39-,40+,42+,43+;/m1./s1. The topological polar surface area (TPSA) is 462 Å². The quantitative estimate of drug-likeness (QED) is 0.0527. The van der Waals surface area contributed by atoms with Gasteiger partial charge in [-0.2, -0.15) is 0 Å². The predicted octanol–water partition coefficient (Wildman–Crippen LogP) is -4.65. The Morgan fingerprint density at radius 2 is 1.15 bits per heavy atom. The number of hydrogen-bond acceptors (Lipinski definition) is 17. The lowest BCUT2D eigenvalue weighted by Crippen LogP contribution is -2.62. The van der Waals surface area contributed by atoms with Crippen LogP contribution in [-0.4, -0.2) is 175 Å². The van der Waals surface area contributed by atoms with E-state index in [4.69, 9.17) is 40.3 Å². The zero-order chi connectivity index (χ0) is 59.6. The largest absolute Gasteiger partial charge is 0.391 e. The van der Waals surface area contributed by atoms with E-state index in [-0.39, 0.29) is 78.0 Å². The van der Waals surface area contributed by atoms with Crippen LogP contribution >= 0.6 is 11.6 Å². The van der Waals surface area contributed by atoms with Crippen molar-refractivity contribution in [1.82, 2.24) is 53.2 Å². The zero-order valence-corrected chi connectivity index (χ0v) is 46.4. The summed E-state index contributed by atoms with van der Waals surface area (Å²) in [6.45, 7) is 4.54. The van der Waals surface area contributed by atoms with Crippen molar-refractivity contribution >= 4 is 70.7 Å². The lowest BCUT2D eigenvalue weighted by Gasteiger charge is -2.28. The maximum absolute atomic E-state index is 14.4. The van der Waals surface area contributed by atoms with E-state index in [1.807, 2.05) is 0 Å². The molecule has 2 aromatic carbocycles. The molecule has 22 N–H and O–H groups in total. The van der Waals surface area contributed by atoms with Crippen molar-refractivity contribution in [1.29, 1.82) is 0 Å². The molecule has 28 heteroatoms. The number of rotatable bonds is 22. The molecule has 27 nitrogen and oxygen atoms in total. The van der Waals surface area contributed by atoms with Crippen molar-refractivity contribution in [3.05, 3.63) is 70.7 Å². The van der Waals surface area contributed by atoms with Crippen LogP contribution in [0.1, 0.15) is 90.7 Å². The van der Waals surface area contributed by atoms with Gasteiger partial charge in [-0.3, -0.25) is 47.9 Å². The highest BCUT2D eigenvalue weighted by Crippen LogP contribution is 2.22. The highest BCUT2D eigenvalue weighted by molar-refractivity contribution is 6.30. The number of aliphatic hydroxyl groups excluding tert-OH is 2. The molecule has 0 saturated carbocycles. The average Bonchev–Trinajstić information content (AvgIpc) is 3.40. The van der Waals surface area contributed by atoms with E-state index >= 15 is 0 Å². The Labute approximate surface area is 477 Å². The third kappa shape index (κ3) is 23.3. The third-order valence-corrected chi connectivity index (χ3v) is 13.2. The summed E-state index contributed by atoms with van der Waals surface area (Å²) in [5.41, 5.74) is 30.8. The average molecular weight is 1160 g/mol. The maximum Gasteiger partial charge on any atom is 0.245 e. The monoisotopic (exact) mass is 1160 g/mol. The second-order valence-corrected chi connectivity index (χ2v) is 20.4. The molecule has 0 spiro atoms. The van der Waals surface area contributed by atoms with Crippen molar-refractivity contribution in [3.63, 3.8) is 0 Å². The molecular weight excluding hydrogens is 1070 g/mol. The number of nitrogens with two attached hydrogens (primary N) is 5. The zero-order valence-electron chi connectivity index (χ0n) is 45.6. The van der Waals surface area contributed by atoms with Gasteiger partial charge in [-0.25, -0.2) is 0 Å². The molecule has 452 valence electrons. The van der Waals surface area contributed by atoms with Gasteiger partial charge >= 0.3 is 0 Å². The number of hydrogen-bond donors (Lipinski definition) is 17. The first kappa shape index (κ1) is 70.3. The van der Waals surface area contributed by atoms with Gasteiger partial charge < -0.3 is 92.0 Å². The van der Waals surface area contributed by atoms with Crippen LogP contribution < -0.4 is 81.8 Å². The molecule has 0 aromatic heterocycles. The number of amides is 10. The van der Waals surface area contributed by atoms with Gasteiger partial charge in [0.15, 0.2) is 0 Å². The smallest absolute Gasteiger partial charge is 0.245 e. The van der Waals surface area contributed by atoms with E-state index in [9.17, 15) is 58.2 Å². The van der Waals surface area contributed by atoms with E-state index in [1.165, 1.54) is 13.8 Å². The number of halogens is 1. The Morgan fingerprint density at radius 3 is 1.65 bits per heavy atom. The highest BCUT2D eigenvalue weighted by Gasteiger charge is 2.37. The van der Waals surface area contributed by atoms with Gasteiger partial charge in [0.25, 0.3) is 0 Å². The number of aliphatic hydroxyl groups is 2. The molecule has 0 aliphatic carbocycles. The summed E-state index contributed by atoms with van der Waals surface area (Å²) in [5, 5.41) is 47.1. The fourth-order valence-corrected chi connectivity index (χ4v) is 8.73. The van der Waals surface area contributed by atoms with Crippen molar-refractivity contribution in [2.24, 2.45) is 34.6 Å². The Bertz CT molecular complexity index is 2400. The van der Waals surface area contributed by atoms with Gasteiger partial charge in [0.1, 0.15) is 54.4 Å². The van der Waals surface area contributed by atoms with Crippen LogP contribution in [0.5, 0.6) is 0 Å². The Kier molecular flexibility index (Phi) is 31.0. The Balaban J connectivity index is 0.0000224. The Hall–Kier alpha value is -6.85. The number of carbonyl (C=O) groups excluding carboxylic acids is 10. The molecule has 1 saturated heterocycles. The molecule has 2 aromatic rings. The molecule has 1 aliphatic heterocycles. The van der Waals surface area contributed by atoms with Gasteiger partial charge in [-0.05, 0) is 101 Å². The second-order valence-electron chi connectivity index (χ2n) is 20.0. The van der Waals surface area contributed by atoms with Crippen LogP contribution in [0.4, 0.5) is 0 Å².